The smallest absolute Gasteiger partial charge is 0.295 e. The lowest BCUT2D eigenvalue weighted by Crippen LogP contribution is -1.79. The third kappa shape index (κ3) is 2.02. The van der Waals surface area contributed by atoms with Gasteiger partial charge in [0.15, 0.2) is 5.76 Å². The zero-order valence-corrected chi connectivity index (χ0v) is 7.44. The van der Waals surface area contributed by atoms with Crippen molar-refractivity contribution in [1.29, 1.82) is 0 Å². The number of hydrogen-bond acceptors (Lipinski definition) is 1. The van der Waals surface area contributed by atoms with Crippen molar-refractivity contribution < 1.29 is 13.2 Å². The molecule has 1 atom stereocenters. The molecular formula is C7H7BrF2O. The van der Waals surface area contributed by atoms with Crippen LogP contribution in [0.5, 0.6) is 0 Å². The molecule has 1 nitrogen and oxygen atoms in total. The van der Waals surface area contributed by atoms with Crippen LogP contribution in [0, 0.1) is 0 Å². The number of hydrogen-bond donors (Lipinski definition) is 0. The maximum Gasteiger partial charge on any atom is 0.295 e. The van der Waals surface area contributed by atoms with Crippen LogP contribution < -0.4 is 0 Å². The van der Waals surface area contributed by atoms with Crippen LogP contribution >= 0.6 is 15.9 Å². The third-order valence-electron chi connectivity index (χ3n) is 1.25. The summed E-state index contributed by atoms with van der Waals surface area (Å²) in [5.74, 6) is 0.256. The van der Waals surface area contributed by atoms with Crippen molar-refractivity contribution in [2.24, 2.45) is 0 Å². The summed E-state index contributed by atoms with van der Waals surface area (Å²) in [6, 6.07) is 2.83. The molecule has 0 aliphatic heterocycles. The van der Waals surface area contributed by atoms with Crippen molar-refractivity contribution in [3.8, 4) is 0 Å². The molecule has 1 heterocycles. The molecule has 0 bridgehead atoms. The highest BCUT2D eigenvalue weighted by Gasteiger charge is 2.13. The first kappa shape index (κ1) is 8.71. The van der Waals surface area contributed by atoms with Gasteiger partial charge in [-0.25, -0.2) is 8.78 Å². The van der Waals surface area contributed by atoms with E-state index in [9.17, 15) is 8.78 Å². The molecule has 11 heavy (non-hydrogen) atoms. The first-order valence-electron chi connectivity index (χ1n) is 3.13. The summed E-state index contributed by atoms with van der Waals surface area (Å²) in [5, 5.41) is 0. The molecular weight excluding hydrogens is 218 g/mol. The van der Waals surface area contributed by atoms with E-state index in [2.05, 4.69) is 15.9 Å². The van der Waals surface area contributed by atoms with Crippen molar-refractivity contribution in [2.45, 2.75) is 18.2 Å². The fourth-order valence-electron chi connectivity index (χ4n) is 0.699. The van der Waals surface area contributed by atoms with Crippen molar-refractivity contribution in [3.05, 3.63) is 23.7 Å². The molecule has 0 radical (unpaired) electrons. The van der Waals surface area contributed by atoms with Crippen molar-refractivity contribution >= 4 is 15.9 Å². The summed E-state index contributed by atoms with van der Waals surface area (Å²) in [4.78, 5) is -0.0185. The van der Waals surface area contributed by atoms with Gasteiger partial charge in [-0.2, -0.15) is 0 Å². The standard InChI is InChI=1S/C7H7BrF2O/c1-4(8)5-2-3-6(11-5)7(9)10/h2-4,7H,1H3. The Labute approximate surface area is 71.5 Å². The molecule has 0 amide bonds. The monoisotopic (exact) mass is 224 g/mol. The predicted molar refractivity (Wildman–Crippen MR) is 41.0 cm³/mol. The Balaban J connectivity index is 2.82. The summed E-state index contributed by atoms with van der Waals surface area (Å²) >= 11 is 3.21. The molecule has 62 valence electrons. The lowest BCUT2D eigenvalue weighted by atomic mass is 10.3. The molecule has 0 N–H and O–H groups in total. The number of halogens is 3. The van der Waals surface area contributed by atoms with E-state index in [0.29, 0.717) is 5.76 Å². The molecule has 0 saturated carbocycles. The summed E-state index contributed by atoms with van der Waals surface area (Å²) in [7, 11) is 0. The molecule has 4 heteroatoms. The van der Waals surface area contributed by atoms with Gasteiger partial charge in [-0.3, -0.25) is 0 Å². The highest BCUT2D eigenvalue weighted by Crippen LogP contribution is 2.27. The fraction of sp³-hybridized carbons (Fsp3) is 0.429. The Morgan fingerprint density at radius 2 is 1.91 bits per heavy atom. The summed E-state index contributed by atoms with van der Waals surface area (Å²) < 4.78 is 28.7. The van der Waals surface area contributed by atoms with Gasteiger partial charge in [-0.15, -0.1) is 0 Å². The van der Waals surface area contributed by atoms with E-state index in [1.54, 1.807) is 6.07 Å². The van der Waals surface area contributed by atoms with E-state index >= 15 is 0 Å². The highest BCUT2D eigenvalue weighted by molar-refractivity contribution is 9.09. The van der Waals surface area contributed by atoms with Gasteiger partial charge in [0.1, 0.15) is 5.76 Å². The molecule has 0 aromatic carbocycles. The molecule has 0 fully saturated rings. The lowest BCUT2D eigenvalue weighted by molar-refractivity contribution is 0.120. The second-order valence-electron chi connectivity index (χ2n) is 2.16. The maximum absolute atomic E-state index is 11.9. The maximum atomic E-state index is 11.9. The number of alkyl halides is 3. The number of rotatable bonds is 2. The van der Waals surface area contributed by atoms with Gasteiger partial charge in [0, 0.05) is 0 Å². The van der Waals surface area contributed by atoms with Crippen LogP contribution in [0.25, 0.3) is 0 Å². The quantitative estimate of drug-likeness (QED) is 0.699. The molecule has 1 unspecified atom stereocenters. The van der Waals surface area contributed by atoms with Gasteiger partial charge in [-0.05, 0) is 19.1 Å². The second-order valence-corrected chi connectivity index (χ2v) is 3.53. The van der Waals surface area contributed by atoms with Gasteiger partial charge in [0.2, 0.25) is 0 Å². The van der Waals surface area contributed by atoms with Crippen LogP contribution in [0.4, 0.5) is 8.78 Å². The fourth-order valence-corrected chi connectivity index (χ4v) is 0.946. The average Bonchev–Trinajstić information content (AvgIpc) is 2.33. The molecule has 1 aromatic rings. The van der Waals surface area contributed by atoms with Crippen molar-refractivity contribution in [2.75, 3.05) is 0 Å². The largest absolute Gasteiger partial charge is 0.459 e. The van der Waals surface area contributed by atoms with E-state index in [4.69, 9.17) is 4.42 Å². The minimum atomic E-state index is -2.52. The van der Waals surface area contributed by atoms with E-state index in [-0.39, 0.29) is 10.6 Å². The van der Waals surface area contributed by atoms with Crippen LogP contribution in [0.3, 0.4) is 0 Å². The van der Waals surface area contributed by atoms with Gasteiger partial charge in [-0.1, -0.05) is 15.9 Å². The van der Waals surface area contributed by atoms with Crippen molar-refractivity contribution in [1.82, 2.24) is 0 Å². The lowest BCUT2D eigenvalue weighted by Gasteiger charge is -1.96. The molecule has 0 aliphatic rings. The highest BCUT2D eigenvalue weighted by atomic mass is 79.9. The number of furan rings is 1. The zero-order valence-electron chi connectivity index (χ0n) is 5.85. The minimum absolute atomic E-state index is 0.0185. The van der Waals surface area contributed by atoms with Crippen LogP contribution in [0.1, 0.15) is 29.7 Å². The Hall–Kier alpha value is -0.380. The SMILES string of the molecule is CC(Br)c1ccc(C(F)F)o1. The first-order valence-corrected chi connectivity index (χ1v) is 4.04. The summed E-state index contributed by atoms with van der Waals surface area (Å²) in [5.41, 5.74) is 0. The molecule has 1 rings (SSSR count). The van der Waals surface area contributed by atoms with E-state index < -0.39 is 6.43 Å². The summed E-state index contributed by atoms with van der Waals surface area (Å²) in [6.07, 6.45) is -2.52. The first-order chi connectivity index (χ1) is 5.11. The van der Waals surface area contributed by atoms with Gasteiger partial charge in [0.05, 0.1) is 4.83 Å². The van der Waals surface area contributed by atoms with E-state index in [1.165, 1.54) is 6.07 Å². The topological polar surface area (TPSA) is 13.1 Å². The zero-order chi connectivity index (χ0) is 8.43. The third-order valence-corrected chi connectivity index (χ3v) is 1.71. The minimum Gasteiger partial charge on any atom is -0.459 e. The van der Waals surface area contributed by atoms with Crippen LogP contribution in [0.15, 0.2) is 16.5 Å². The van der Waals surface area contributed by atoms with Crippen LogP contribution in [0.2, 0.25) is 0 Å². The summed E-state index contributed by atoms with van der Waals surface area (Å²) in [6.45, 7) is 1.81. The normalized spacial score (nSPS) is 13.9. The molecule has 0 aliphatic carbocycles. The Kier molecular flexibility index (Phi) is 2.65. The van der Waals surface area contributed by atoms with Gasteiger partial charge >= 0.3 is 0 Å². The van der Waals surface area contributed by atoms with Crippen molar-refractivity contribution in [3.63, 3.8) is 0 Å². The molecule has 1 aromatic heterocycles. The van der Waals surface area contributed by atoms with Crippen LogP contribution in [-0.2, 0) is 0 Å². The predicted octanol–water partition coefficient (Wildman–Crippen LogP) is 3.67. The average molecular weight is 225 g/mol. The van der Waals surface area contributed by atoms with E-state index in [1.807, 2.05) is 6.92 Å². The van der Waals surface area contributed by atoms with Gasteiger partial charge in [0.25, 0.3) is 6.43 Å². The Bertz CT molecular complexity index is 210. The Morgan fingerprint density at radius 3 is 2.18 bits per heavy atom. The second kappa shape index (κ2) is 3.34. The van der Waals surface area contributed by atoms with Gasteiger partial charge < -0.3 is 4.42 Å². The molecule has 0 saturated heterocycles. The molecule has 0 spiro atoms. The van der Waals surface area contributed by atoms with E-state index in [0.717, 1.165) is 0 Å². The van der Waals surface area contributed by atoms with Crippen LogP contribution in [-0.4, -0.2) is 0 Å². The Morgan fingerprint density at radius 1 is 1.36 bits per heavy atom.